The van der Waals surface area contributed by atoms with Gasteiger partial charge < -0.3 is 20.7 Å². The van der Waals surface area contributed by atoms with Gasteiger partial charge in [0.2, 0.25) is 0 Å². The van der Waals surface area contributed by atoms with E-state index in [1.165, 1.54) is 0 Å². The lowest BCUT2D eigenvalue weighted by molar-refractivity contribution is -0.139. The van der Waals surface area contributed by atoms with Gasteiger partial charge in [-0.1, -0.05) is 0 Å². The van der Waals surface area contributed by atoms with Gasteiger partial charge in [0.05, 0.1) is 19.7 Å². The number of likely N-dealkylation sites (tertiary alicyclic amines) is 1. The number of morpholine rings is 1. The Kier molecular flexibility index (Phi) is 1.69. The molecule has 0 aromatic heterocycles. The van der Waals surface area contributed by atoms with Crippen molar-refractivity contribution in [2.75, 3.05) is 32.8 Å². The first-order valence-electron chi connectivity index (χ1n) is 4.11. The number of hydrogen-bond acceptors (Lipinski definition) is 3. The second-order valence-corrected chi connectivity index (χ2v) is 3.40. The molecule has 0 aliphatic carbocycles. The maximum absolute atomic E-state index is 10.7. The van der Waals surface area contributed by atoms with Crippen LogP contribution in [0.3, 0.4) is 0 Å². The summed E-state index contributed by atoms with van der Waals surface area (Å²) in [5.41, 5.74) is 4.97. The molecule has 68 valence electrons. The molecule has 2 rings (SSSR count). The quantitative estimate of drug-likeness (QED) is 0.478. The number of nitrogens with zero attached hydrogens (tertiary/aromatic N) is 1. The van der Waals surface area contributed by atoms with Crippen LogP contribution in [0.1, 0.15) is 0 Å². The number of ether oxygens (including phenoxy) is 1. The summed E-state index contributed by atoms with van der Waals surface area (Å²) in [6.07, 6.45) is 0. The van der Waals surface area contributed by atoms with Crippen molar-refractivity contribution in [2.24, 2.45) is 5.73 Å². The molecule has 0 bridgehead atoms. The number of urea groups is 1. The normalized spacial score (nSPS) is 26.8. The Hall–Kier alpha value is -0.810. The molecule has 0 aromatic carbocycles. The number of rotatable bonds is 0. The molecule has 0 radical (unpaired) electrons. The van der Waals surface area contributed by atoms with Gasteiger partial charge in [-0.2, -0.15) is 0 Å². The van der Waals surface area contributed by atoms with E-state index >= 15 is 0 Å². The Labute approximate surface area is 70.8 Å². The fraction of sp³-hybridized carbons (Fsp3) is 0.857. The molecule has 5 heteroatoms. The van der Waals surface area contributed by atoms with Crippen molar-refractivity contribution in [3.63, 3.8) is 0 Å². The molecule has 12 heavy (non-hydrogen) atoms. The van der Waals surface area contributed by atoms with Crippen molar-refractivity contribution < 1.29 is 9.53 Å². The third-order valence-electron chi connectivity index (χ3n) is 2.40. The molecule has 2 saturated heterocycles. The second kappa shape index (κ2) is 2.60. The number of nitrogens with two attached hydrogens (primary N) is 1. The summed E-state index contributed by atoms with van der Waals surface area (Å²) in [7, 11) is 0. The molecule has 2 aliphatic rings. The Balaban J connectivity index is 1.88. The first-order chi connectivity index (χ1) is 5.72. The average Bonchev–Trinajstić information content (AvgIpc) is 2.01. The first kappa shape index (κ1) is 7.82. The zero-order valence-electron chi connectivity index (χ0n) is 6.88. The zero-order chi connectivity index (χ0) is 8.60. The molecule has 0 unspecified atom stereocenters. The van der Waals surface area contributed by atoms with Crippen LogP contribution >= 0.6 is 0 Å². The van der Waals surface area contributed by atoms with Crippen LogP contribution in [-0.2, 0) is 4.74 Å². The Morgan fingerprint density at radius 3 is 2.83 bits per heavy atom. The lowest BCUT2D eigenvalue weighted by Gasteiger charge is -2.50. The molecular formula is C7H13N3O2. The minimum atomic E-state index is -0.352. The number of carbonyl (C=O) groups excluding carboxylic acids is 1. The first-order valence-corrected chi connectivity index (χ1v) is 4.11. The van der Waals surface area contributed by atoms with Crippen molar-refractivity contribution >= 4 is 6.03 Å². The summed E-state index contributed by atoms with van der Waals surface area (Å²) in [6.45, 7) is 3.73. The highest BCUT2D eigenvalue weighted by Crippen LogP contribution is 2.25. The van der Waals surface area contributed by atoms with E-state index in [0.29, 0.717) is 13.1 Å². The Morgan fingerprint density at radius 2 is 2.33 bits per heavy atom. The summed E-state index contributed by atoms with van der Waals surface area (Å²) in [5.74, 6) is 0. The number of amides is 2. The van der Waals surface area contributed by atoms with E-state index in [1.807, 2.05) is 0 Å². The maximum Gasteiger partial charge on any atom is 0.314 e. The van der Waals surface area contributed by atoms with E-state index < -0.39 is 0 Å². The van der Waals surface area contributed by atoms with Gasteiger partial charge in [0.25, 0.3) is 0 Å². The summed E-state index contributed by atoms with van der Waals surface area (Å²) in [6, 6.07) is -0.352. The summed E-state index contributed by atoms with van der Waals surface area (Å²) >= 11 is 0. The highest BCUT2D eigenvalue weighted by molar-refractivity contribution is 5.73. The largest absolute Gasteiger partial charge is 0.369 e. The maximum atomic E-state index is 10.7. The van der Waals surface area contributed by atoms with Gasteiger partial charge in [-0.05, 0) is 0 Å². The smallest absolute Gasteiger partial charge is 0.314 e. The molecule has 1 spiro atoms. The SMILES string of the molecule is NC(=O)N1CC2(CNCCO2)C1. The predicted molar refractivity (Wildman–Crippen MR) is 42.7 cm³/mol. The fourth-order valence-electron chi connectivity index (χ4n) is 1.72. The van der Waals surface area contributed by atoms with Gasteiger partial charge in [0.1, 0.15) is 5.60 Å². The van der Waals surface area contributed by atoms with Crippen LogP contribution in [0.5, 0.6) is 0 Å². The molecule has 2 heterocycles. The summed E-state index contributed by atoms with van der Waals surface area (Å²) in [5, 5.41) is 3.23. The topological polar surface area (TPSA) is 67.6 Å². The number of carbonyl (C=O) groups is 1. The average molecular weight is 171 g/mol. The second-order valence-electron chi connectivity index (χ2n) is 3.40. The standard InChI is InChI=1S/C7H13N3O2/c8-6(11)10-4-7(5-10)3-9-1-2-12-7/h9H,1-5H2,(H2,8,11). The Morgan fingerprint density at radius 1 is 1.58 bits per heavy atom. The molecule has 0 saturated carbocycles. The van der Waals surface area contributed by atoms with E-state index in [-0.39, 0.29) is 11.6 Å². The van der Waals surface area contributed by atoms with Gasteiger partial charge in [-0.25, -0.2) is 4.79 Å². The lowest BCUT2D eigenvalue weighted by atomic mass is 9.93. The van der Waals surface area contributed by atoms with E-state index in [4.69, 9.17) is 10.5 Å². The van der Waals surface area contributed by atoms with E-state index in [1.54, 1.807) is 4.90 Å². The van der Waals surface area contributed by atoms with Crippen molar-refractivity contribution in [3.8, 4) is 0 Å². The summed E-state index contributed by atoms with van der Waals surface area (Å²) < 4.78 is 5.57. The van der Waals surface area contributed by atoms with Crippen molar-refractivity contribution in [2.45, 2.75) is 5.60 Å². The van der Waals surface area contributed by atoms with E-state index in [0.717, 1.165) is 19.7 Å². The van der Waals surface area contributed by atoms with Gasteiger partial charge in [0.15, 0.2) is 0 Å². The van der Waals surface area contributed by atoms with Gasteiger partial charge in [0, 0.05) is 13.1 Å². The number of hydrogen-bond donors (Lipinski definition) is 2. The molecule has 2 aliphatic heterocycles. The highest BCUT2D eigenvalue weighted by atomic mass is 16.5. The van der Waals surface area contributed by atoms with Gasteiger partial charge in [-0.3, -0.25) is 0 Å². The minimum absolute atomic E-state index is 0.132. The minimum Gasteiger partial charge on any atom is -0.369 e. The monoisotopic (exact) mass is 171 g/mol. The van der Waals surface area contributed by atoms with Crippen LogP contribution < -0.4 is 11.1 Å². The lowest BCUT2D eigenvalue weighted by Crippen LogP contribution is -2.71. The third-order valence-corrected chi connectivity index (χ3v) is 2.40. The highest BCUT2D eigenvalue weighted by Gasteiger charge is 2.46. The van der Waals surface area contributed by atoms with E-state index in [2.05, 4.69) is 5.32 Å². The molecule has 0 atom stereocenters. The molecule has 2 fully saturated rings. The van der Waals surface area contributed by atoms with E-state index in [9.17, 15) is 4.79 Å². The zero-order valence-corrected chi connectivity index (χ0v) is 6.88. The molecule has 2 amide bonds. The summed E-state index contributed by atoms with van der Waals surface area (Å²) in [4.78, 5) is 12.3. The number of primary amides is 1. The molecular weight excluding hydrogens is 158 g/mol. The van der Waals surface area contributed by atoms with Crippen LogP contribution in [0.25, 0.3) is 0 Å². The Bertz CT molecular complexity index is 193. The van der Waals surface area contributed by atoms with Crippen LogP contribution in [0, 0.1) is 0 Å². The van der Waals surface area contributed by atoms with Crippen molar-refractivity contribution in [1.29, 1.82) is 0 Å². The fourth-order valence-corrected chi connectivity index (χ4v) is 1.72. The van der Waals surface area contributed by atoms with Gasteiger partial charge in [-0.15, -0.1) is 0 Å². The van der Waals surface area contributed by atoms with Crippen LogP contribution in [0.15, 0.2) is 0 Å². The van der Waals surface area contributed by atoms with Gasteiger partial charge >= 0.3 is 6.03 Å². The third kappa shape index (κ3) is 1.15. The predicted octanol–water partition coefficient (Wildman–Crippen LogP) is -1.26. The molecule has 0 aromatic rings. The van der Waals surface area contributed by atoms with Crippen LogP contribution in [-0.4, -0.2) is 49.3 Å². The van der Waals surface area contributed by atoms with Crippen LogP contribution in [0.4, 0.5) is 4.79 Å². The molecule has 5 nitrogen and oxygen atoms in total. The van der Waals surface area contributed by atoms with Crippen LogP contribution in [0.2, 0.25) is 0 Å². The van der Waals surface area contributed by atoms with Crippen molar-refractivity contribution in [1.82, 2.24) is 10.2 Å². The molecule has 3 N–H and O–H groups in total. The van der Waals surface area contributed by atoms with Crippen molar-refractivity contribution in [3.05, 3.63) is 0 Å². The number of nitrogens with one attached hydrogen (secondary N) is 1.